The largest absolute Gasteiger partial charge is 0.455 e. The van der Waals surface area contributed by atoms with Crippen LogP contribution in [-0.4, -0.2) is 9.97 Å². The van der Waals surface area contributed by atoms with Gasteiger partial charge in [-0.15, -0.1) is 65.5 Å². The van der Waals surface area contributed by atoms with E-state index in [1.807, 2.05) is 99.6 Å². The molecule has 0 N–H and O–H groups in total. The van der Waals surface area contributed by atoms with Gasteiger partial charge in [0.15, 0.2) is 0 Å². The van der Waals surface area contributed by atoms with Gasteiger partial charge >= 0.3 is 0 Å². The zero-order valence-corrected chi connectivity index (χ0v) is 33.8. The number of benzene rings is 8. The van der Waals surface area contributed by atoms with E-state index < -0.39 is 25.5 Å². The van der Waals surface area contributed by atoms with Gasteiger partial charge in [0.1, 0.15) is 11.2 Å². The second-order valence-corrected chi connectivity index (χ2v) is 15.3. The van der Waals surface area contributed by atoms with E-state index in [0.29, 0.717) is 33.0 Å². The van der Waals surface area contributed by atoms with Gasteiger partial charge in [-0.1, -0.05) is 99.0 Å². The first-order chi connectivity index (χ1) is 30.4. The first-order valence-corrected chi connectivity index (χ1v) is 18.7. The molecule has 3 nitrogen and oxygen atoms in total. The van der Waals surface area contributed by atoms with Gasteiger partial charge < -0.3 is 14.4 Å². The molecule has 57 heavy (non-hydrogen) atoms. The van der Waals surface area contributed by atoms with Crippen LogP contribution in [0.3, 0.4) is 0 Å². The van der Waals surface area contributed by atoms with Crippen LogP contribution in [0.15, 0.2) is 144 Å². The second kappa shape index (κ2) is 14.2. The van der Waals surface area contributed by atoms with Crippen LogP contribution in [0.2, 0.25) is 0 Å². The van der Waals surface area contributed by atoms with E-state index in [1.165, 1.54) is 6.20 Å². The van der Waals surface area contributed by atoms with Crippen molar-refractivity contribution in [3.63, 3.8) is 0 Å². The summed E-state index contributed by atoms with van der Waals surface area (Å²) in [6, 6.07) is 48.1. The first kappa shape index (κ1) is 28.5. The van der Waals surface area contributed by atoms with Crippen LogP contribution < -0.4 is 0 Å². The standard InChI is InChI=1S/C37H22NO.C16H18N.Ir/c1-20-19-38-36-28-14-8-7-13-26(28)27-15-16-29-32-17-30-24-11-5-3-9-22(24)23-10-4-6-12-25(23)31(30)18-33(32)39-37(29)35(27)34(36)21(20)2;1-16(2,3)11-13-9-10-15(17-12-13)14-7-5-4-6-8-14;/h3-13,15-19H,1-2H3;4-7,9-10,12H,11H2,1-3H3;/q2*-1;/i1D3,2D3;11D2;. The van der Waals surface area contributed by atoms with E-state index in [-0.39, 0.29) is 36.6 Å². The molecule has 0 fully saturated rings. The smallest absolute Gasteiger partial charge is 0.142 e. The van der Waals surface area contributed by atoms with Crippen molar-refractivity contribution >= 4 is 86.7 Å². The number of rotatable bonds is 2. The van der Waals surface area contributed by atoms with E-state index in [2.05, 4.69) is 64.6 Å². The molecule has 0 aliphatic carbocycles. The van der Waals surface area contributed by atoms with Crippen LogP contribution in [0.4, 0.5) is 0 Å². The van der Waals surface area contributed by atoms with Gasteiger partial charge in [0.2, 0.25) is 0 Å². The Labute approximate surface area is 357 Å². The molecule has 0 saturated heterocycles. The number of hydrogen-bond acceptors (Lipinski definition) is 3. The number of furan rings is 1. The molecule has 0 amide bonds. The van der Waals surface area contributed by atoms with Crippen molar-refractivity contribution in [2.24, 2.45) is 5.41 Å². The second-order valence-electron chi connectivity index (χ2n) is 15.3. The van der Waals surface area contributed by atoms with Gasteiger partial charge in [-0.2, -0.15) is 0 Å². The van der Waals surface area contributed by atoms with Gasteiger partial charge in [0, 0.05) is 59.6 Å². The number of nitrogens with zero attached hydrogens (tertiary/aromatic N) is 2. The Morgan fingerprint density at radius 2 is 1.30 bits per heavy atom. The molecule has 11 rings (SSSR count). The van der Waals surface area contributed by atoms with Crippen molar-refractivity contribution < 1.29 is 35.5 Å². The summed E-state index contributed by atoms with van der Waals surface area (Å²) >= 11 is 0. The fourth-order valence-corrected chi connectivity index (χ4v) is 8.12. The average molecular weight is 921 g/mol. The quantitative estimate of drug-likeness (QED) is 0.128. The third-order valence-electron chi connectivity index (χ3n) is 10.5. The summed E-state index contributed by atoms with van der Waals surface area (Å²) in [6.07, 6.45) is 1.41. The van der Waals surface area contributed by atoms with Crippen molar-refractivity contribution in [2.75, 3.05) is 0 Å². The molecule has 279 valence electrons. The molecule has 3 aromatic heterocycles. The Bertz CT molecular complexity index is 3650. The number of hydrogen-bond donors (Lipinski definition) is 0. The predicted octanol–water partition coefficient (Wildman–Crippen LogP) is 14.5. The van der Waals surface area contributed by atoms with Crippen LogP contribution in [0.1, 0.15) is 48.4 Å². The summed E-state index contributed by atoms with van der Waals surface area (Å²) in [7, 11) is 0. The van der Waals surface area contributed by atoms with Gasteiger partial charge in [0.25, 0.3) is 0 Å². The molecule has 0 spiro atoms. The number of aromatic nitrogens is 2. The normalized spacial score (nSPS) is 14.6. The molecule has 0 atom stereocenters. The molecular formula is C53H40IrN2O-2. The van der Waals surface area contributed by atoms with Crippen LogP contribution in [0.5, 0.6) is 0 Å². The molecule has 0 unspecified atom stereocenters. The summed E-state index contributed by atoms with van der Waals surface area (Å²) in [6.45, 7) is 0.263. The minimum Gasteiger partial charge on any atom is -0.455 e. The van der Waals surface area contributed by atoms with E-state index in [0.717, 1.165) is 65.1 Å². The van der Waals surface area contributed by atoms with Gasteiger partial charge in [-0.25, -0.2) is 0 Å². The van der Waals surface area contributed by atoms with Gasteiger partial charge in [-0.3, -0.25) is 0 Å². The Hall–Kier alpha value is -5.93. The average Bonchev–Trinajstić information content (AvgIpc) is 3.65. The van der Waals surface area contributed by atoms with E-state index in [4.69, 9.17) is 15.4 Å². The number of aryl methyl sites for hydroxylation is 2. The van der Waals surface area contributed by atoms with E-state index in [9.17, 15) is 0 Å². The molecule has 8 aromatic carbocycles. The van der Waals surface area contributed by atoms with E-state index in [1.54, 1.807) is 12.3 Å². The zero-order valence-electron chi connectivity index (χ0n) is 39.4. The Morgan fingerprint density at radius 3 is 1.96 bits per heavy atom. The Balaban J connectivity index is 0.000000225. The fraction of sp³-hybridized carbons (Fsp3) is 0.132. The molecule has 0 saturated carbocycles. The molecule has 1 radical (unpaired) electrons. The summed E-state index contributed by atoms with van der Waals surface area (Å²) in [4.78, 5) is 8.95. The number of fused-ring (bicyclic) bond motifs is 16. The minimum absolute atomic E-state index is 0. The first-order valence-electron chi connectivity index (χ1n) is 22.7. The van der Waals surface area contributed by atoms with Gasteiger partial charge in [-0.05, 0) is 109 Å². The van der Waals surface area contributed by atoms with Gasteiger partial charge in [0.05, 0.1) is 0 Å². The van der Waals surface area contributed by atoms with Crippen LogP contribution in [0, 0.1) is 31.3 Å². The molecular weight excluding hydrogens is 873 g/mol. The van der Waals surface area contributed by atoms with Crippen molar-refractivity contribution in [3.8, 4) is 11.3 Å². The summed E-state index contributed by atoms with van der Waals surface area (Å²) in [5.41, 5.74) is 2.90. The van der Waals surface area contributed by atoms with E-state index >= 15 is 0 Å². The minimum atomic E-state index is -2.74. The van der Waals surface area contributed by atoms with Crippen molar-refractivity contribution in [3.05, 3.63) is 169 Å². The maximum absolute atomic E-state index is 8.54. The summed E-state index contributed by atoms with van der Waals surface area (Å²) < 4.78 is 73.4. The molecule has 11 aromatic rings. The van der Waals surface area contributed by atoms with Crippen LogP contribution >= 0.6 is 0 Å². The Morgan fingerprint density at radius 1 is 0.614 bits per heavy atom. The fourth-order valence-electron chi connectivity index (χ4n) is 8.12. The molecule has 0 bridgehead atoms. The maximum atomic E-state index is 8.54. The van der Waals surface area contributed by atoms with Crippen molar-refractivity contribution in [1.29, 1.82) is 0 Å². The maximum Gasteiger partial charge on any atom is 0.142 e. The predicted molar refractivity (Wildman–Crippen MR) is 237 cm³/mol. The monoisotopic (exact) mass is 921 g/mol. The van der Waals surface area contributed by atoms with Crippen molar-refractivity contribution in [2.45, 2.75) is 40.8 Å². The topological polar surface area (TPSA) is 38.9 Å². The third-order valence-corrected chi connectivity index (χ3v) is 10.5. The summed E-state index contributed by atoms with van der Waals surface area (Å²) in [5, 5.41) is 11.4. The van der Waals surface area contributed by atoms with Crippen LogP contribution in [-0.2, 0) is 26.5 Å². The third kappa shape index (κ3) is 6.25. The molecule has 4 heteroatoms. The Kier molecular flexibility index (Phi) is 7.10. The number of pyridine rings is 2. The van der Waals surface area contributed by atoms with Crippen molar-refractivity contribution in [1.82, 2.24) is 9.97 Å². The zero-order chi connectivity index (χ0) is 44.9. The molecule has 0 aliphatic heterocycles. The summed E-state index contributed by atoms with van der Waals surface area (Å²) in [5.74, 6) is 0. The SMILES string of the molecule is [2H]C([2H])([2H])c1cnc2c3[c-]cccc3c3ccc4c5cc6c7ccccc7c7ccccc7c6cc5oc4c3c2c1C([2H])([2H])[2H].[2H]C([2H])(c1ccc(-c2[c-]cccc2)nc1)C(C)(C)C.[Ir]. The van der Waals surface area contributed by atoms with Crippen LogP contribution in [0.25, 0.3) is 98.0 Å². The molecule has 3 heterocycles. The molecule has 0 aliphatic rings.